The lowest BCUT2D eigenvalue weighted by atomic mass is 9.88. The molecule has 0 bridgehead atoms. The maximum atomic E-state index is 11.5. The lowest BCUT2D eigenvalue weighted by molar-refractivity contribution is 0.364. The standard InChI is InChI=1S/C14H21N3O2S/c1-11-5-6-12(9-13(11)20(16,18)19)17-10-14(2,3)7-4-8-15/h5-6,9,17H,4,7,10H2,1-3H3,(H2,16,18,19). The van der Waals surface area contributed by atoms with Crippen LogP contribution in [0.1, 0.15) is 32.3 Å². The van der Waals surface area contributed by atoms with E-state index in [1.807, 2.05) is 6.07 Å². The van der Waals surface area contributed by atoms with Crippen LogP contribution < -0.4 is 10.5 Å². The van der Waals surface area contributed by atoms with Crippen LogP contribution in [0.25, 0.3) is 0 Å². The van der Waals surface area contributed by atoms with E-state index in [9.17, 15) is 8.42 Å². The summed E-state index contributed by atoms with van der Waals surface area (Å²) in [5, 5.41) is 17.0. The maximum absolute atomic E-state index is 11.5. The Morgan fingerprint density at radius 1 is 1.40 bits per heavy atom. The molecule has 5 nitrogen and oxygen atoms in total. The number of nitrogens with two attached hydrogens (primary N) is 1. The molecule has 0 saturated carbocycles. The van der Waals surface area contributed by atoms with Gasteiger partial charge in [0.05, 0.1) is 11.0 Å². The fraction of sp³-hybridized carbons (Fsp3) is 0.500. The van der Waals surface area contributed by atoms with E-state index in [1.165, 1.54) is 0 Å². The summed E-state index contributed by atoms with van der Waals surface area (Å²) >= 11 is 0. The number of nitrogens with zero attached hydrogens (tertiary/aromatic N) is 1. The Bertz CT molecular complexity index is 616. The van der Waals surface area contributed by atoms with E-state index in [4.69, 9.17) is 10.4 Å². The van der Waals surface area contributed by atoms with Crippen molar-refractivity contribution in [2.24, 2.45) is 10.6 Å². The summed E-state index contributed by atoms with van der Waals surface area (Å²) in [7, 11) is -3.71. The van der Waals surface area contributed by atoms with E-state index in [-0.39, 0.29) is 10.3 Å². The minimum Gasteiger partial charge on any atom is -0.384 e. The summed E-state index contributed by atoms with van der Waals surface area (Å²) in [4.78, 5) is 0.136. The average Bonchev–Trinajstić information content (AvgIpc) is 2.34. The Kier molecular flexibility index (Phi) is 5.15. The maximum Gasteiger partial charge on any atom is 0.238 e. The average molecular weight is 295 g/mol. The van der Waals surface area contributed by atoms with Crippen LogP contribution in [0.4, 0.5) is 5.69 Å². The summed E-state index contributed by atoms with van der Waals surface area (Å²) in [6.45, 7) is 6.49. The van der Waals surface area contributed by atoms with Crippen molar-refractivity contribution in [3.8, 4) is 6.07 Å². The van der Waals surface area contributed by atoms with Gasteiger partial charge in [-0.2, -0.15) is 5.26 Å². The first-order valence-corrected chi connectivity index (χ1v) is 7.95. The van der Waals surface area contributed by atoms with Crippen LogP contribution in [0.2, 0.25) is 0 Å². The molecule has 20 heavy (non-hydrogen) atoms. The van der Waals surface area contributed by atoms with Crippen LogP contribution in [0.5, 0.6) is 0 Å². The molecular weight excluding hydrogens is 274 g/mol. The second-order valence-corrected chi connectivity index (χ2v) is 7.23. The first-order chi connectivity index (χ1) is 9.15. The molecular formula is C14H21N3O2S. The largest absolute Gasteiger partial charge is 0.384 e. The number of aryl methyl sites for hydroxylation is 1. The highest BCUT2D eigenvalue weighted by Crippen LogP contribution is 2.24. The van der Waals surface area contributed by atoms with E-state index in [1.54, 1.807) is 19.1 Å². The summed E-state index contributed by atoms with van der Waals surface area (Å²) < 4.78 is 22.9. The summed E-state index contributed by atoms with van der Waals surface area (Å²) in [5.74, 6) is 0. The molecule has 0 aromatic heterocycles. The second kappa shape index (κ2) is 6.25. The number of primary sulfonamides is 1. The van der Waals surface area contributed by atoms with E-state index >= 15 is 0 Å². The Morgan fingerprint density at radius 2 is 2.05 bits per heavy atom. The molecule has 0 spiro atoms. The lowest BCUT2D eigenvalue weighted by Gasteiger charge is -2.24. The smallest absolute Gasteiger partial charge is 0.238 e. The SMILES string of the molecule is Cc1ccc(NCC(C)(C)CCC#N)cc1S(N)(=O)=O. The van der Waals surface area contributed by atoms with Crippen LogP contribution in [0.3, 0.4) is 0 Å². The van der Waals surface area contributed by atoms with Gasteiger partial charge in [0, 0.05) is 18.7 Å². The number of hydrogen-bond donors (Lipinski definition) is 2. The Labute approximate surface area is 120 Å². The number of rotatable bonds is 6. The predicted octanol–water partition coefficient (Wildman–Crippen LogP) is 2.38. The summed E-state index contributed by atoms with van der Waals surface area (Å²) in [5.41, 5.74) is 1.30. The first kappa shape index (κ1) is 16.5. The summed E-state index contributed by atoms with van der Waals surface area (Å²) in [6, 6.07) is 7.23. The highest BCUT2D eigenvalue weighted by molar-refractivity contribution is 7.89. The Hall–Kier alpha value is -1.58. The number of sulfonamides is 1. The van der Waals surface area contributed by atoms with Crippen molar-refractivity contribution < 1.29 is 8.42 Å². The molecule has 0 fully saturated rings. The van der Waals surface area contributed by atoms with Gasteiger partial charge in [-0.05, 0) is 36.5 Å². The fourth-order valence-corrected chi connectivity index (χ4v) is 2.65. The van der Waals surface area contributed by atoms with E-state index < -0.39 is 10.0 Å². The Balaban J connectivity index is 2.83. The second-order valence-electron chi connectivity index (χ2n) is 5.70. The molecule has 0 unspecified atom stereocenters. The van der Waals surface area contributed by atoms with Crippen molar-refractivity contribution in [3.63, 3.8) is 0 Å². The van der Waals surface area contributed by atoms with Crippen molar-refractivity contribution in [3.05, 3.63) is 23.8 Å². The monoisotopic (exact) mass is 295 g/mol. The topological polar surface area (TPSA) is 96.0 Å². The molecule has 0 heterocycles. The van der Waals surface area contributed by atoms with Crippen LogP contribution >= 0.6 is 0 Å². The van der Waals surface area contributed by atoms with Crippen molar-refractivity contribution in [2.45, 2.75) is 38.5 Å². The van der Waals surface area contributed by atoms with Gasteiger partial charge >= 0.3 is 0 Å². The van der Waals surface area contributed by atoms with Crippen LogP contribution in [-0.2, 0) is 10.0 Å². The van der Waals surface area contributed by atoms with Crippen molar-refractivity contribution in [2.75, 3.05) is 11.9 Å². The molecule has 6 heteroatoms. The van der Waals surface area contributed by atoms with E-state index in [0.717, 1.165) is 6.42 Å². The summed E-state index contributed by atoms with van der Waals surface area (Å²) in [6.07, 6.45) is 1.29. The molecule has 1 aromatic carbocycles. The zero-order valence-corrected chi connectivity index (χ0v) is 12.9. The Morgan fingerprint density at radius 3 is 2.60 bits per heavy atom. The number of hydrogen-bond acceptors (Lipinski definition) is 4. The molecule has 110 valence electrons. The lowest BCUT2D eigenvalue weighted by Crippen LogP contribution is -2.23. The first-order valence-electron chi connectivity index (χ1n) is 6.40. The van der Waals surface area contributed by atoms with E-state index in [2.05, 4.69) is 25.2 Å². The molecule has 0 aliphatic carbocycles. The molecule has 0 amide bonds. The minimum absolute atomic E-state index is 0.0393. The normalized spacial score (nSPS) is 11.9. The molecule has 0 saturated heterocycles. The molecule has 0 aliphatic heterocycles. The van der Waals surface area contributed by atoms with Gasteiger partial charge in [-0.15, -0.1) is 0 Å². The zero-order chi connectivity index (χ0) is 15.4. The molecule has 0 atom stereocenters. The van der Waals surface area contributed by atoms with Crippen molar-refractivity contribution in [1.82, 2.24) is 0 Å². The molecule has 1 rings (SSSR count). The third kappa shape index (κ3) is 4.83. The molecule has 1 aromatic rings. The van der Waals surface area contributed by atoms with Crippen molar-refractivity contribution in [1.29, 1.82) is 5.26 Å². The number of nitriles is 1. The van der Waals surface area contributed by atoms with Crippen LogP contribution in [0.15, 0.2) is 23.1 Å². The predicted molar refractivity (Wildman–Crippen MR) is 79.7 cm³/mol. The van der Waals surface area contributed by atoms with Crippen LogP contribution in [0, 0.1) is 23.7 Å². The third-order valence-corrected chi connectivity index (χ3v) is 4.23. The molecule has 3 N–H and O–H groups in total. The zero-order valence-electron chi connectivity index (χ0n) is 12.1. The molecule has 0 radical (unpaired) electrons. The highest BCUT2D eigenvalue weighted by Gasteiger charge is 2.18. The van der Waals surface area contributed by atoms with Gasteiger partial charge in [-0.1, -0.05) is 19.9 Å². The van der Waals surface area contributed by atoms with Gasteiger partial charge in [0.15, 0.2) is 0 Å². The number of benzene rings is 1. The number of anilines is 1. The number of nitrogens with one attached hydrogen (secondary N) is 1. The van der Waals surface area contributed by atoms with Gasteiger partial charge in [-0.3, -0.25) is 0 Å². The third-order valence-electron chi connectivity index (χ3n) is 3.18. The minimum atomic E-state index is -3.71. The fourth-order valence-electron chi connectivity index (χ4n) is 1.84. The highest BCUT2D eigenvalue weighted by atomic mass is 32.2. The quantitative estimate of drug-likeness (QED) is 0.842. The van der Waals surface area contributed by atoms with Crippen molar-refractivity contribution >= 4 is 15.7 Å². The van der Waals surface area contributed by atoms with Gasteiger partial charge in [0.2, 0.25) is 10.0 Å². The molecule has 0 aliphatic rings. The van der Waals surface area contributed by atoms with Gasteiger partial charge in [-0.25, -0.2) is 13.6 Å². The van der Waals surface area contributed by atoms with Gasteiger partial charge < -0.3 is 5.32 Å². The van der Waals surface area contributed by atoms with Crippen LogP contribution in [-0.4, -0.2) is 15.0 Å². The van der Waals surface area contributed by atoms with Gasteiger partial charge in [0.25, 0.3) is 0 Å². The van der Waals surface area contributed by atoms with E-state index in [0.29, 0.717) is 24.2 Å². The van der Waals surface area contributed by atoms with Gasteiger partial charge in [0.1, 0.15) is 0 Å².